The summed E-state index contributed by atoms with van der Waals surface area (Å²) in [5, 5.41) is 2.04. The monoisotopic (exact) mass is 499 g/mol. The van der Waals surface area contributed by atoms with Gasteiger partial charge in [0.15, 0.2) is 0 Å². The van der Waals surface area contributed by atoms with Crippen LogP contribution in [0.3, 0.4) is 0 Å². The normalized spacial score (nSPS) is 19.0. The molecule has 0 saturated carbocycles. The Morgan fingerprint density at radius 1 is 1.06 bits per heavy atom. The van der Waals surface area contributed by atoms with E-state index in [1.54, 1.807) is 23.5 Å². The summed E-state index contributed by atoms with van der Waals surface area (Å²) in [6.07, 6.45) is 2.59. The molecule has 1 aromatic heterocycles. The highest BCUT2D eigenvalue weighted by Crippen LogP contribution is 2.33. The molecule has 0 fully saturated rings. The molecule has 2 heterocycles. The van der Waals surface area contributed by atoms with Crippen LogP contribution < -0.4 is 4.74 Å². The highest BCUT2D eigenvalue weighted by Gasteiger charge is 2.42. The second kappa shape index (κ2) is 10.7. The smallest absolute Gasteiger partial charge is 0.324 e. The second-order valence-electron chi connectivity index (χ2n) is 8.37. The van der Waals surface area contributed by atoms with Gasteiger partial charge in [0, 0.05) is 11.4 Å². The summed E-state index contributed by atoms with van der Waals surface area (Å²) in [5.41, 5.74) is 2.35. The Kier molecular flexibility index (Phi) is 7.70. The first-order chi connectivity index (χ1) is 16.4. The van der Waals surface area contributed by atoms with Crippen molar-refractivity contribution in [2.75, 3.05) is 20.8 Å². The topological polar surface area (TPSA) is 72.9 Å². The number of thiophene rings is 1. The van der Waals surface area contributed by atoms with Crippen LogP contribution in [0, 0.1) is 5.92 Å². The largest absolute Gasteiger partial charge is 0.497 e. The number of rotatable bonds is 7. The minimum atomic E-state index is -3.95. The lowest BCUT2D eigenvalue weighted by Crippen LogP contribution is -2.52. The van der Waals surface area contributed by atoms with Crippen molar-refractivity contribution in [3.8, 4) is 5.75 Å². The molecule has 0 spiro atoms. The third-order valence-corrected chi connectivity index (χ3v) is 9.31. The Morgan fingerprint density at radius 3 is 2.47 bits per heavy atom. The quantitative estimate of drug-likeness (QED) is 0.452. The van der Waals surface area contributed by atoms with E-state index in [1.165, 1.54) is 41.1 Å². The number of carbonyl (C=O) groups is 1. The molecule has 1 aliphatic heterocycles. The number of sulfonamides is 1. The zero-order chi connectivity index (χ0) is 24.1. The summed E-state index contributed by atoms with van der Waals surface area (Å²) in [7, 11) is -1.09. The highest BCUT2D eigenvalue weighted by atomic mass is 32.2. The fourth-order valence-corrected chi connectivity index (χ4v) is 7.14. The van der Waals surface area contributed by atoms with Gasteiger partial charge < -0.3 is 9.47 Å². The maximum absolute atomic E-state index is 13.8. The molecule has 2 aromatic carbocycles. The van der Waals surface area contributed by atoms with Gasteiger partial charge in [-0.2, -0.15) is 4.31 Å². The van der Waals surface area contributed by atoms with Crippen LogP contribution in [-0.4, -0.2) is 45.5 Å². The first-order valence-corrected chi connectivity index (χ1v) is 13.6. The van der Waals surface area contributed by atoms with Gasteiger partial charge in [0.1, 0.15) is 11.8 Å². The van der Waals surface area contributed by atoms with E-state index in [-0.39, 0.29) is 17.4 Å². The molecule has 0 amide bonds. The van der Waals surface area contributed by atoms with Crippen LogP contribution in [0.15, 0.2) is 70.9 Å². The number of hydrogen-bond donors (Lipinski definition) is 0. The summed E-state index contributed by atoms with van der Waals surface area (Å²) in [6, 6.07) is 17.5. The molecule has 0 aliphatic carbocycles. The number of esters is 1. The predicted molar refractivity (Wildman–Crippen MR) is 133 cm³/mol. The van der Waals surface area contributed by atoms with Crippen molar-refractivity contribution in [3.05, 3.63) is 82.0 Å². The number of benzene rings is 2. The summed E-state index contributed by atoms with van der Waals surface area (Å²) >= 11 is 1.64. The third kappa shape index (κ3) is 5.19. The van der Waals surface area contributed by atoms with E-state index < -0.39 is 22.0 Å². The molecule has 0 unspecified atom stereocenters. The van der Waals surface area contributed by atoms with E-state index in [4.69, 9.17) is 9.47 Å². The van der Waals surface area contributed by atoms with Crippen molar-refractivity contribution >= 4 is 27.3 Å². The van der Waals surface area contributed by atoms with E-state index in [9.17, 15) is 13.2 Å². The van der Waals surface area contributed by atoms with Crippen LogP contribution in [0.25, 0.3) is 0 Å². The minimum absolute atomic E-state index is 0.135. The molecule has 34 heavy (non-hydrogen) atoms. The molecule has 0 bridgehead atoms. The number of fused-ring (bicyclic) bond motifs is 1. The Bertz CT molecular complexity index is 1210. The zero-order valence-corrected chi connectivity index (χ0v) is 21.0. The van der Waals surface area contributed by atoms with Crippen molar-refractivity contribution in [2.45, 2.75) is 36.6 Å². The van der Waals surface area contributed by atoms with Gasteiger partial charge in [-0.1, -0.05) is 30.3 Å². The number of aryl methyl sites for hydroxylation is 1. The van der Waals surface area contributed by atoms with Gasteiger partial charge in [0.2, 0.25) is 10.0 Å². The molecular weight excluding hydrogens is 470 g/mol. The SMILES string of the molecule is COC(=O)[C@@H]1[C@@H](CCc2ccccc2)Cc2ccsc2CCN1S(=O)(=O)c1ccc(OC)cc1. The summed E-state index contributed by atoms with van der Waals surface area (Å²) < 4.78 is 39.4. The van der Waals surface area contributed by atoms with E-state index >= 15 is 0 Å². The molecule has 0 saturated heterocycles. The zero-order valence-electron chi connectivity index (χ0n) is 19.3. The van der Waals surface area contributed by atoms with E-state index in [0.717, 1.165) is 12.0 Å². The maximum atomic E-state index is 13.8. The summed E-state index contributed by atoms with van der Waals surface area (Å²) in [4.78, 5) is 14.5. The molecule has 180 valence electrons. The van der Waals surface area contributed by atoms with E-state index in [2.05, 4.69) is 18.2 Å². The standard InChI is InChI=1S/C26H29NO5S2/c1-31-22-10-12-23(13-11-22)34(29,30)27-16-14-24-20(15-17-33-24)18-21(25(27)26(28)32-2)9-8-19-6-4-3-5-7-19/h3-7,10-13,15,17,21,25H,8-9,14,16,18H2,1-2H3/t21-,25-/m0/s1. The molecule has 0 radical (unpaired) electrons. The van der Waals surface area contributed by atoms with Gasteiger partial charge in [-0.15, -0.1) is 11.3 Å². The lowest BCUT2D eigenvalue weighted by molar-refractivity contribution is -0.147. The second-order valence-corrected chi connectivity index (χ2v) is 11.3. The maximum Gasteiger partial charge on any atom is 0.324 e. The molecular formula is C26H29NO5S2. The van der Waals surface area contributed by atoms with Crippen LogP contribution in [0.1, 0.15) is 22.4 Å². The summed E-state index contributed by atoms with van der Waals surface area (Å²) in [5.74, 6) is -0.178. The van der Waals surface area contributed by atoms with Gasteiger partial charge in [-0.05, 0) is 78.4 Å². The van der Waals surface area contributed by atoms with Gasteiger partial charge in [0.05, 0.1) is 19.1 Å². The van der Waals surface area contributed by atoms with Gasteiger partial charge >= 0.3 is 5.97 Å². The van der Waals surface area contributed by atoms with E-state index in [0.29, 0.717) is 25.0 Å². The number of ether oxygens (including phenoxy) is 2. The molecule has 1 aliphatic rings. The lowest BCUT2D eigenvalue weighted by Gasteiger charge is -2.36. The number of hydrogen-bond acceptors (Lipinski definition) is 6. The van der Waals surface area contributed by atoms with Gasteiger partial charge in [-0.3, -0.25) is 4.79 Å². The van der Waals surface area contributed by atoms with Crippen molar-refractivity contribution in [1.29, 1.82) is 0 Å². The molecule has 8 heteroatoms. The van der Waals surface area contributed by atoms with Gasteiger partial charge in [0.25, 0.3) is 0 Å². The molecule has 4 rings (SSSR count). The van der Waals surface area contributed by atoms with E-state index in [1.807, 2.05) is 23.6 Å². The number of carbonyl (C=O) groups excluding carboxylic acids is 1. The molecule has 0 N–H and O–H groups in total. The Hall–Kier alpha value is -2.68. The Balaban J connectivity index is 1.74. The first-order valence-electron chi connectivity index (χ1n) is 11.3. The summed E-state index contributed by atoms with van der Waals surface area (Å²) in [6.45, 7) is 0.212. The van der Waals surface area contributed by atoms with Crippen molar-refractivity contribution in [1.82, 2.24) is 4.31 Å². The third-order valence-electron chi connectivity index (χ3n) is 6.39. The predicted octanol–water partition coefficient (Wildman–Crippen LogP) is 4.34. The van der Waals surface area contributed by atoms with Crippen molar-refractivity contribution < 1.29 is 22.7 Å². The van der Waals surface area contributed by atoms with Crippen LogP contribution >= 0.6 is 11.3 Å². The van der Waals surface area contributed by atoms with Crippen molar-refractivity contribution in [3.63, 3.8) is 0 Å². The average Bonchev–Trinajstić information content (AvgIpc) is 3.29. The fourth-order valence-electron chi connectivity index (χ4n) is 4.59. The van der Waals surface area contributed by atoms with Crippen LogP contribution in [0.5, 0.6) is 5.75 Å². The average molecular weight is 500 g/mol. The number of methoxy groups -OCH3 is 2. The molecule has 2 atom stereocenters. The molecule has 6 nitrogen and oxygen atoms in total. The van der Waals surface area contributed by atoms with Gasteiger partial charge in [-0.25, -0.2) is 8.42 Å². The van der Waals surface area contributed by atoms with Crippen LogP contribution in [0.4, 0.5) is 0 Å². The fraction of sp³-hybridized carbons (Fsp3) is 0.346. The van der Waals surface area contributed by atoms with Crippen LogP contribution in [-0.2, 0) is 38.8 Å². The minimum Gasteiger partial charge on any atom is -0.497 e. The van der Waals surface area contributed by atoms with Crippen molar-refractivity contribution in [2.24, 2.45) is 5.92 Å². The number of nitrogens with zero attached hydrogens (tertiary/aromatic N) is 1. The molecule has 3 aromatic rings. The lowest BCUT2D eigenvalue weighted by atomic mass is 9.85. The highest BCUT2D eigenvalue weighted by molar-refractivity contribution is 7.89. The first kappa shape index (κ1) is 24.4. The Morgan fingerprint density at radius 2 is 1.79 bits per heavy atom. The van der Waals surface area contributed by atoms with Crippen LogP contribution in [0.2, 0.25) is 0 Å². The Labute approximate surface area is 205 Å².